The Balaban J connectivity index is 2.01. The molecule has 1 aromatic rings. The largest absolute Gasteiger partial charge is 0.470 e. The summed E-state index contributed by atoms with van der Waals surface area (Å²) in [6.07, 6.45) is 1.89. The highest BCUT2D eigenvalue weighted by molar-refractivity contribution is 5.16. The van der Waals surface area contributed by atoms with Crippen LogP contribution in [-0.4, -0.2) is 49.3 Å². The van der Waals surface area contributed by atoms with Crippen LogP contribution in [0.5, 0.6) is 5.88 Å². The van der Waals surface area contributed by atoms with Crippen LogP contribution in [0.15, 0.2) is 18.3 Å². The van der Waals surface area contributed by atoms with Crippen molar-refractivity contribution in [1.29, 1.82) is 0 Å². The number of hydrogen-bond acceptors (Lipinski definition) is 4. The summed E-state index contributed by atoms with van der Waals surface area (Å²) in [5, 5.41) is 0. The number of aryl methyl sites for hydroxylation is 1. The van der Waals surface area contributed by atoms with E-state index < -0.39 is 0 Å². The smallest absolute Gasteiger partial charge is 0.213 e. The van der Waals surface area contributed by atoms with E-state index in [9.17, 15) is 0 Å². The Labute approximate surface area is 96.2 Å². The third-order valence-electron chi connectivity index (χ3n) is 2.82. The van der Waals surface area contributed by atoms with E-state index in [1.165, 1.54) is 0 Å². The highest BCUT2D eigenvalue weighted by Crippen LogP contribution is 2.17. The molecule has 0 bridgehead atoms. The van der Waals surface area contributed by atoms with Crippen molar-refractivity contribution in [2.24, 2.45) is 0 Å². The zero-order valence-corrected chi connectivity index (χ0v) is 10.0. The Kier molecular flexibility index (Phi) is 3.41. The van der Waals surface area contributed by atoms with Crippen molar-refractivity contribution in [2.45, 2.75) is 19.1 Å². The standard InChI is InChI=1S/C12H18N2O2/c1-9-4-5-12(13-6-9)16-11-8-15-7-10(11)14(2)3/h4-6,10-11H,7-8H2,1-3H3. The minimum absolute atomic E-state index is 0.0743. The molecule has 0 aromatic carbocycles. The number of pyridine rings is 1. The summed E-state index contributed by atoms with van der Waals surface area (Å²) < 4.78 is 11.3. The normalized spacial score (nSPS) is 25.0. The Hall–Kier alpha value is -1.13. The Morgan fingerprint density at radius 2 is 2.19 bits per heavy atom. The molecule has 1 aromatic heterocycles. The van der Waals surface area contributed by atoms with Gasteiger partial charge in [-0.15, -0.1) is 0 Å². The third-order valence-corrected chi connectivity index (χ3v) is 2.82. The first-order chi connectivity index (χ1) is 7.66. The highest BCUT2D eigenvalue weighted by atomic mass is 16.6. The monoisotopic (exact) mass is 222 g/mol. The molecule has 2 atom stereocenters. The molecule has 2 heterocycles. The topological polar surface area (TPSA) is 34.6 Å². The van der Waals surface area contributed by atoms with Crippen molar-refractivity contribution in [2.75, 3.05) is 27.3 Å². The average molecular weight is 222 g/mol. The minimum atomic E-state index is 0.0743. The fourth-order valence-corrected chi connectivity index (χ4v) is 1.80. The molecule has 0 N–H and O–H groups in total. The fourth-order valence-electron chi connectivity index (χ4n) is 1.80. The Morgan fingerprint density at radius 1 is 1.38 bits per heavy atom. The molecule has 16 heavy (non-hydrogen) atoms. The van der Waals surface area contributed by atoms with Crippen molar-refractivity contribution < 1.29 is 9.47 Å². The van der Waals surface area contributed by atoms with Crippen LogP contribution in [0.4, 0.5) is 0 Å². The van der Waals surface area contributed by atoms with Crippen LogP contribution in [0, 0.1) is 6.92 Å². The van der Waals surface area contributed by atoms with Crippen molar-refractivity contribution in [1.82, 2.24) is 9.88 Å². The number of hydrogen-bond donors (Lipinski definition) is 0. The van der Waals surface area contributed by atoms with Gasteiger partial charge in [-0.25, -0.2) is 4.98 Å². The van der Waals surface area contributed by atoms with E-state index in [1.807, 2.05) is 39.3 Å². The number of likely N-dealkylation sites (N-methyl/N-ethyl adjacent to an activating group) is 1. The lowest BCUT2D eigenvalue weighted by Gasteiger charge is -2.24. The molecule has 0 saturated carbocycles. The Morgan fingerprint density at radius 3 is 2.81 bits per heavy atom. The fraction of sp³-hybridized carbons (Fsp3) is 0.583. The quantitative estimate of drug-likeness (QED) is 0.767. The van der Waals surface area contributed by atoms with Crippen molar-refractivity contribution in [3.63, 3.8) is 0 Å². The maximum absolute atomic E-state index is 5.83. The van der Waals surface area contributed by atoms with Gasteiger partial charge in [-0.1, -0.05) is 6.07 Å². The third kappa shape index (κ3) is 2.51. The molecule has 4 nitrogen and oxygen atoms in total. The summed E-state index contributed by atoms with van der Waals surface area (Å²) in [7, 11) is 4.08. The molecule has 0 amide bonds. The van der Waals surface area contributed by atoms with Crippen LogP contribution in [-0.2, 0) is 4.74 Å². The molecule has 0 aliphatic carbocycles. The number of ether oxygens (including phenoxy) is 2. The highest BCUT2D eigenvalue weighted by Gasteiger charge is 2.31. The number of aromatic nitrogens is 1. The van der Waals surface area contributed by atoms with Gasteiger partial charge in [0.25, 0.3) is 0 Å². The zero-order valence-electron chi connectivity index (χ0n) is 10.0. The first kappa shape index (κ1) is 11.4. The summed E-state index contributed by atoms with van der Waals surface area (Å²) in [5.74, 6) is 0.674. The minimum Gasteiger partial charge on any atom is -0.470 e. The van der Waals surface area contributed by atoms with Gasteiger partial charge in [-0.05, 0) is 26.6 Å². The van der Waals surface area contributed by atoms with E-state index in [4.69, 9.17) is 9.47 Å². The van der Waals surface area contributed by atoms with Crippen LogP contribution < -0.4 is 4.74 Å². The molecule has 1 aliphatic rings. The molecule has 2 rings (SSSR count). The lowest BCUT2D eigenvalue weighted by atomic mass is 10.2. The predicted octanol–water partition coefficient (Wildman–Crippen LogP) is 1.10. The van der Waals surface area contributed by atoms with Crippen LogP contribution in [0.3, 0.4) is 0 Å². The van der Waals surface area contributed by atoms with Crippen molar-refractivity contribution in [3.8, 4) is 5.88 Å². The molecule has 1 aliphatic heterocycles. The Bertz CT molecular complexity index is 337. The maximum Gasteiger partial charge on any atom is 0.213 e. The summed E-state index contributed by atoms with van der Waals surface area (Å²) in [5.41, 5.74) is 1.14. The van der Waals surface area contributed by atoms with Crippen molar-refractivity contribution in [3.05, 3.63) is 23.9 Å². The van der Waals surface area contributed by atoms with E-state index >= 15 is 0 Å². The van der Waals surface area contributed by atoms with Gasteiger partial charge in [0.2, 0.25) is 5.88 Å². The molecule has 0 spiro atoms. The van der Waals surface area contributed by atoms with E-state index in [2.05, 4.69) is 9.88 Å². The molecule has 4 heteroatoms. The molecule has 1 saturated heterocycles. The van der Waals surface area contributed by atoms with Crippen LogP contribution in [0.1, 0.15) is 5.56 Å². The second kappa shape index (κ2) is 4.80. The van der Waals surface area contributed by atoms with Gasteiger partial charge >= 0.3 is 0 Å². The second-order valence-electron chi connectivity index (χ2n) is 4.40. The van der Waals surface area contributed by atoms with Gasteiger partial charge in [0.05, 0.1) is 19.3 Å². The first-order valence-electron chi connectivity index (χ1n) is 5.50. The molecule has 2 unspecified atom stereocenters. The summed E-state index contributed by atoms with van der Waals surface area (Å²) in [4.78, 5) is 6.37. The van der Waals surface area contributed by atoms with Gasteiger partial charge in [0.15, 0.2) is 0 Å². The second-order valence-corrected chi connectivity index (χ2v) is 4.40. The number of nitrogens with zero attached hydrogens (tertiary/aromatic N) is 2. The SMILES string of the molecule is Cc1ccc(OC2COCC2N(C)C)nc1. The van der Waals surface area contributed by atoms with Crippen LogP contribution >= 0.6 is 0 Å². The summed E-state index contributed by atoms with van der Waals surface area (Å²) >= 11 is 0. The summed E-state index contributed by atoms with van der Waals surface area (Å²) in [6.45, 7) is 3.38. The van der Waals surface area contributed by atoms with E-state index in [0.717, 1.165) is 12.2 Å². The van der Waals surface area contributed by atoms with Gasteiger partial charge in [-0.2, -0.15) is 0 Å². The lowest BCUT2D eigenvalue weighted by Crippen LogP contribution is -2.41. The maximum atomic E-state index is 5.83. The molecule has 1 fully saturated rings. The first-order valence-corrected chi connectivity index (χ1v) is 5.50. The lowest BCUT2D eigenvalue weighted by molar-refractivity contribution is 0.122. The van der Waals surface area contributed by atoms with Crippen molar-refractivity contribution >= 4 is 0 Å². The van der Waals surface area contributed by atoms with Gasteiger partial charge < -0.3 is 14.4 Å². The predicted molar refractivity (Wildman–Crippen MR) is 61.7 cm³/mol. The van der Waals surface area contributed by atoms with Gasteiger partial charge in [-0.3, -0.25) is 0 Å². The van der Waals surface area contributed by atoms with Crippen LogP contribution in [0.2, 0.25) is 0 Å². The van der Waals surface area contributed by atoms with E-state index in [0.29, 0.717) is 18.5 Å². The van der Waals surface area contributed by atoms with Gasteiger partial charge in [0.1, 0.15) is 6.10 Å². The molecular weight excluding hydrogens is 204 g/mol. The van der Waals surface area contributed by atoms with E-state index in [1.54, 1.807) is 0 Å². The zero-order chi connectivity index (χ0) is 11.5. The molecular formula is C12H18N2O2. The van der Waals surface area contributed by atoms with Gasteiger partial charge in [0, 0.05) is 12.3 Å². The molecule has 0 radical (unpaired) electrons. The van der Waals surface area contributed by atoms with E-state index in [-0.39, 0.29) is 6.10 Å². The summed E-state index contributed by atoms with van der Waals surface area (Å²) in [6, 6.07) is 4.21. The van der Waals surface area contributed by atoms with Crippen LogP contribution in [0.25, 0.3) is 0 Å². The molecule has 88 valence electrons. The average Bonchev–Trinajstić information content (AvgIpc) is 2.69. The number of rotatable bonds is 3.